The van der Waals surface area contributed by atoms with Crippen LogP contribution in [0.2, 0.25) is 0 Å². The smallest absolute Gasteiger partial charge is 0.462 e. The number of hydrogen-bond acceptors (Lipinski definition) is 8. The third-order valence-corrected chi connectivity index (χ3v) is 9.98. The number of allylic oxidation sites excluding steroid dienone is 6. The second-order valence-corrected chi connectivity index (χ2v) is 15.7. The largest absolute Gasteiger partial charge is 0.472 e. The lowest BCUT2D eigenvalue weighted by atomic mass is 10.1. The summed E-state index contributed by atoms with van der Waals surface area (Å²) in [6.07, 6.45) is 43.1. The van der Waals surface area contributed by atoms with Crippen molar-refractivity contribution >= 4 is 19.8 Å². The number of ether oxygens (including phenoxy) is 2. The summed E-state index contributed by atoms with van der Waals surface area (Å²) in [4.78, 5) is 34.8. The van der Waals surface area contributed by atoms with Crippen LogP contribution in [0, 0.1) is 0 Å². The topological polar surface area (TPSA) is 134 Å². The highest BCUT2D eigenvalue weighted by Gasteiger charge is 2.26. The van der Waals surface area contributed by atoms with E-state index in [1.807, 2.05) is 0 Å². The molecule has 0 aliphatic rings. The molecule has 0 radical (unpaired) electrons. The van der Waals surface area contributed by atoms with Gasteiger partial charge >= 0.3 is 19.8 Å². The summed E-state index contributed by atoms with van der Waals surface area (Å²) in [7, 11) is -4.38. The Bertz CT molecular complexity index is 970. The molecule has 0 heterocycles. The number of esters is 2. The van der Waals surface area contributed by atoms with E-state index in [2.05, 4.69) is 50.3 Å². The Balaban J connectivity index is 4.17. The SMILES string of the molecule is CCCCC/C=C/C/C=C/CCCCCCCCCC(=O)O[C@H](COC(=O)CCCCCCCCC/C=C/CCCCCC)COP(=O)(O)OCCN. The number of carbonyl (C=O) groups is 2. The van der Waals surface area contributed by atoms with Crippen molar-refractivity contribution in [3.63, 3.8) is 0 Å². The molecule has 10 heteroatoms. The maximum atomic E-state index is 12.6. The maximum Gasteiger partial charge on any atom is 0.472 e. The van der Waals surface area contributed by atoms with Crippen LogP contribution in [-0.4, -0.2) is 49.3 Å². The average Bonchev–Trinajstić information content (AvgIpc) is 3.14. The molecule has 0 spiro atoms. The second-order valence-electron chi connectivity index (χ2n) is 14.2. The molecule has 0 aromatic heterocycles. The number of carbonyl (C=O) groups excluding carboxylic acids is 2. The summed E-state index contributed by atoms with van der Waals surface area (Å²) in [6, 6.07) is 0. The van der Waals surface area contributed by atoms with Crippen molar-refractivity contribution in [1.29, 1.82) is 0 Å². The van der Waals surface area contributed by atoms with Gasteiger partial charge in [0.2, 0.25) is 0 Å². The van der Waals surface area contributed by atoms with Crippen molar-refractivity contribution in [2.75, 3.05) is 26.4 Å². The molecule has 0 aliphatic carbocycles. The van der Waals surface area contributed by atoms with E-state index in [1.54, 1.807) is 0 Å². The zero-order valence-electron chi connectivity index (χ0n) is 34.0. The van der Waals surface area contributed by atoms with E-state index in [0.29, 0.717) is 6.42 Å². The van der Waals surface area contributed by atoms with Gasteiger partial charge in [-0.15, -0.1) is 0 Å². The van der Waals surface area contributed by atoms with Crippen LogP contribution < -0.4 is 5.73 Å². The summed E-state index contributed by atoms with van der Waals surface area (Å²) in [5.41, 5.74) is 5.34. The van der Waals surface area contributed by atoms with E-state index in [0.717, 1.165) is 64.2 Å². The standard InChI is InChI=1S/C43H80NO8P/c1-3-5-7-9-11-13-15-17-19-20-22-24-26-28-30-32-34-36-43(46)52-41(40-51-53(47,48)50-38-37-44)39-49-42(45)35-33-31-29-27-25-23-21-18-16-14-12-10-8-6-4-2/h11,13-14,16-17,19,41H,3-10,12,15,18,20-40,44H2,1-2H3,(H,47,48)/b13-11+,16-14+,19-17+/t41-/m1/s1. The van der Waals surface area contributed by atoms with E-state index in [9.17, 15) is 19.0 Å². The molecule has 53 heavy (non-hydrogen) atoms. The Hall–Kier alpha value is -1.77. The first-order valence-corrected chi connectivity index (χ1v) is 23.0. The number of phosphoric ester groups is 1. The van der Waals surface area contributed by atoms with Crippen LogP contribution in [0.15, 0.2) is 36.5 Å². The van der Waals surface area contributed by atoms with Gasteiger partial charge in [-0.05, 0) is 70.6 Å². The lowest BCUT2D eigenvalue weighted by molar-refractivity contribution is -0.161. The van der Waals surface area contributed by atoms with Crippen LogP contribution in [0.25, 0.3) is 0 Å². The number of nitrogens with two attached hydrogens (primary N) is 1. The fraction of sp³-hybridized carbons (Fsp3) is 0.814. The molecule has 0 bridgehead atoms. The Morgan fingerprint density at radius 3 is 1.49 bits per heavy atom. The number of unbranched alkanes of at least 4 members (excludes halogenated alkanes) is 21. The monoisotopic (exact) mass is 770 g/mol. The van der Waals surface area contributed by atoms with Crippen molar-refractivity contribution in [3.8, 4) is 0 Å². The molecule has 0 rings (SSSR count). The molecule has 1 unspecified atom stereocenters. The zero-order valence-corrected chi connectivity index (χ0v) is 34.9. The average molecular weight is 770 g/mol. The molecule has 0 fully saturated rings. The lowest BCUT2D eigenvalue weighted by Gasteiger charge is -2.19. The number of phosphoric acid groups is 1. The highest BCUT2D eigenvalue weighted by molar-refractivity contribution is 7.47. The van der Waals surface area contributed by atoms with Gasteiger partial charge in [-0.25, -0.2) is 4.57 Å². The minimum absolute atomic E-state index is 0.0511. The van der Waals surface area contributed by atoms with E-state index in [4.69, 9.17) is 24.3 Å². The van der Waals surface area contributed by atoms with Crippen LogP contribution in [0.3, 0.4) is 0 Å². The van der Waals surface area contributed by atoms with Crippen LogP contribution in [0.4, 0.5) is 0 Å². The Labute approximate surface area is 324 Å². The minimum Gasteiger partial charge on any atom is -0.462 e. The Kier molecular flexibility index (Phi) is 38.6. The molecule has 0 aliphatic heterocycles. The first kappa shape index (κ1) is 51.2. The third-order valence-electron chi connectivity index (χ3n) is 9.00. The molecule has 0 aromatic rings. The van der Waals surface area contributed by atoms with Gasteiger partial charge in [-0.1, -0.05) is 147 Å². The first-order chi connectivity index (χ1) is 25.8. The van der Waals surface area contributed by atoms with Gasteiger partial charge in [0.1, 0.15) is 6.61 Å². The molecule has 9 nitrogen and oxygen atoms in total. The molecule has 3 N–H and O–H groups in total. The summed E-state index contributed by atoms with van der Waals surface area (Å²) in [5, 5.41) is 0. The minimum atomic E-state index is -4.38. The predicted octanol–water partition coefficient (Wildman–Crippen LogP) is 12.2. The van der Waals surface area contributed by atoms with Crippen molar-refractivity contribution in [2.45, 2.75) is 200 Å². The molecular weight excluding hydrogens is 689 g/mol. The van der Waals surface area contributed by atoms with Gasteiger partial charge in [0.25, 0.3) is 0 Å². The highest BCUT2D eigenvalue weighted by Crippen LogP contribution is 2.43. The fourth-order valence-electron chi connectivity index (χ4n) is 5.78. The van der Waals surface area contributed by atoms with Crippen LogP contribution in [-0.2, 0) is 32.7 Å². The summed E-state index contributed by atoms with van der Waals surface area (Å²) in [5.74, 6) is -0.841. The van der Waals surface area contributed by atoms with E-state index in [-0.39, 0.29) is 38.6 Å². The predicted molar refractivity (Wildman–Crippen MR) is 220 cm³/mol. The van der Waals surface area contributed by atoms with Crippen molar-refractivity contribution in [1.82, 2.24) is 0 Å². The number of rotatable bonds is 40. The van der Waals surface area contributed by atoms with Gasteiger partial charge in [-0.2, -0.15) is 0 Å². The summed E-state index contributed by atoms with van der Waals surface area (Å²) >= 11 is 0. The van der Waals surface area contributed by atoms with Gasteiger partial charge in [0, 0.05) is 19.4 Å². The fourth-order valence-corrected chi connectivity index (χ4v) is 6.54. The van der Waals surface area contributed by atoms with Crippen LogP contribution >= 0.6 is 7.82 Å². The van der Waals surface area contributed by atoms with Crippen molar-refractivity contribution in [3.05, 3.63) is 36.5 Å². The van der Waals surface area contributed by atoms with Crippen molar-refractivity contribution < 1.29 is 37.6 Å². The summed E-state index contributed by atoms with van der Waals surface area (Å²) in [6.45, 7) is 3.68. The van der Waals surface area contributed by atoms with E-state index >= 15 is 0 Å². The number of hydrogen-bond donors (Lipinski definition) is 2. The quantitative estimate of drug-likeness (QED) is 0.0270. The van der Waals surface area contributed by atoms with E-state index < -0.39 is 26.5 Å². The molecule has 0 amide bonds. The molecule has 310 valence electrons. The molecule has 0 saturated heterocycles. The Morgan fingerprint density at radius 2 is 0.981 bits per heavy atom. The molecular formula is C43H80NO8P. The zero-order chi connectivity index (χ0) is 38.9. The normalized spacial score (nSPS) is 13.7. The van der Waals surface area contributed by atoms with Gasteiger partial charge in [-0.3, -0.25) is 18.6 Å². The molecule has 0 saturated carbocycles. The highest BCUT2D eigenvalue weighted by atomic mass is 31.2. The molecule has 2 atom stereocenters. The summed E-state index contributed by atoms with van der Waals surface area (Å²) < 4.78 is 32.8. The van der Waals surface area contributed by atoms with Gasteiger partial charge in [0.15, 0.2) is 6.10 Å². The lowest BCUT2D eigenvalue weighted by Crippen LogP contribution is -2.29. The van der Waals surface area contributed by atoms with Crippen LogP contribution in [0.5, 0.6) is 0 Å². The second kappa shape index (κ2) is 39.9. The third kappa shape index (κ3) is 39.7. The van der Waals surface area contributed by atoms with Crippen LogP contribution in [0.1, 0.15) is 194 Å². The van der Waals surface area contributed by atoms with Gasteiger partial charge in [0.05, 0.1) is 13.2 Å². The Morgan fingerprint density at radius 1 is 0.566 bits per heavy atom. The van der Waals surface area contributed by atoms with E-state index in [1.165, 1.54) is 96.3 Å². The first-order valence-electron chi connectivity index (χ1n) is 21.5. The van der Waals surface area contributed by atoms with Gasteiger partial charge < -0.3 is 20.1 Å². The molecule has 0 aromatic carbocycles. The van der Waals surface area contributed by atoms with Crippen molar-refractivity contribution in [2.24, 2.45) is 5.73 Å². The maximum absolute atomic E-state index is 12.6.